The summed E-state index contributed by atoms with van der Waals surface area (Å²) >= 11 is 8.29. The average Bonchev–Trinajstić information content (AvgIpc) is 2.03. The summed E-state index contributed by atoms with van der Waals surface area (Å²) in [5.74, 6) is -0.211. The molecule has 0 aromatic heterocycles. The van der Waals surface area contributed by atoms with Gasteiger partial charge in [0.25, 0.3) is 0 Å². The van der Waals surface area contributed by atoms with Crippen molar-refractivity contribution in [1.29, 1.82) is 0 Å². The van der Waals surface area contributed by atoms with E-state index in [4.69, 9.17) is 11.6 Å². The van der Waals surface area contributed by atoms with Gasteiger partial charge in [-0.15, -0.1) is 11.6 Å². The van der Waals surface area contributed by atoms with E-state index >= 15 is 0 Å². The molecule has 0 aromatic carbocycles. The summed E-state index contributed by atoms with van der Waals surface area (Å²) in [6, 6.07) is 0. The number of rotatable bonds is 2. The van der Waals surface area contributed by atoms with Crippen LogP contribution in [0.3, 0.4) is 0 Å². The second-order valence-corrected chi connectivity index (χ2v) is 4.39. The van der Waals surface area contributed by atoms with Crippen LogP contribution in [0.4, 0.5) is 0 Å². The highest BCUT2D eigenvalue weighted by atomic mass is 79.9. The topological polar surface area (TPSA) is 43.4 Å². The summed E-state index contributed by atoms with van der Waals surface area (Å²) in [5.41, 5.74) is 0. The first-order valence-electron chi connectivity index (χ1n) is 3.69. The van der Waals surface area contributed by atoms with Crippen molar-refractivity contribution in [3.63, 3.8) is 0 Å². The van der Waals surface area contributed by atoms with E-state index in [9.17, 15) is 9.59 Å². The molecule has 0 aliphatic heterocycles. The number of ether oxygens (including phenoxy) is 1. The molecule has 0 bridgehead atoms. The molecule has 2 atom stereocenters. The van der Waals surface area contributed by atoms with Crippen molar-refractivity contribution in [2.45, 2.75) is 31.0 Å². The number of carbonyl (C=O) groups is 2. The lowest BCUT2D eigenvalue weighted by Gasteiger charge is -1.96. The van der Waals surface area contributed by atoms with Gasteiger partial charge in [0.2, 0.25) is 0 Å². The Balaban J connectivity index is 0. The van der Waals surface area contributed by atoms with E-state index in [1.807, 2.05) is 0 Å². The number of halogens is 2. The monoisotopic (exact) mass is 272 g/mol. The highest BCUT2D eigenvalue weighted by molar-refractivity contribution is 9.10. The van der Waals surface area contributed by atoms with Crippen LogP contribution in [0.25, 0.3) is 0 Å². The molecule has 0 saturated carbocycles. The number of carbonyl (C=O) groups excluding carboxylic acids is 2. The molecule has 0 rings (SSSR count). The van der Waals surface area contributed by atoms with Crippen LogP contribution in [-0.2, 0) is 14.3 Å². The molecule has 0 N–H and O–H groups in total. The van der Waals surface area contributed by atoms with E-state index in [2.05, 4.69) is 20.7 Å². The lowest BCUT2D eigenvalue weighted by molar-refractivity contribution is -0.139. The fraction of sp³-hybridized carbons (Fsp3) is 0.750. The predicted molar refractivity (Wildman–Crippen MR) is 56.4 cm³/mol. The van der Waals surface area contributed by atoms with E-state index in [0.29, 0.717) is 0 Å². The van der Waals surface area contributed by atoms with Gasteiger partial charge >= 0.3 is 5.97 Å². The van der Waals surface area contributed by atoms with Crippen LogP contribution in [0.2, 0.25) is 0 Å². The Kier molecular flexibility index (Phi) is 10.1. The molecule has 3 nitrogen and oxygen atoms in total. The fourth-order valence-electron chi connectivity index (χ4n) is 0.162. The SMILES string of the molecule is CC(=O)C(C)Cl.COC(=O)C(C)Br. The first kappa shape index (κ1) is 15.4. The molecule has 0 saturated heterocycles. The zero-order chi connectivity index (χ0) is 11.0. The largest absolute Gasteiger partial charge is 0.468 e. The van der Waals surface area contributed by atoms with Gasteiger partial charge in [0.05, 0.1) is 12.5 Å². The van der Waals surface area contributed by atoms with Crippen molar-refractivity contribution in [2.75, 3.05) is 7.11 Å². The average molecular weight is 274 g/mol. The van der Waals surface area contributed by atoms with E-state index in [1.54, 1.807) is 13.8 Å². The van der Waals surface area contributed by atoms with Gasteiger partial charge in [0.15, 0.2) is 0 Å². The Morgan fingerprint density at radius 1 is 1.38 bits per heavy atom. The van der Waals surface area contributed by atoms with Gasteiger partial charge in [-0.3, -0.25) is 9.59 Å². The third kappa shape index (κ3) is 11.9. The van der Waals surface area contributed by atoms with Gasteiger partial charge in [-0.2, -0.15) is 0 Å². The molecule has 0 amide bonds. The lowest BCUT2D eigenvalue weighted by Crippen LogP contribution is -2.10. The fourth-order valence-corrected chi connectivity index (χ4v) is 0.349. The van der Waals surface area contributed by atoms with E-state index < -0.39 is 0 Å². The molecule has 0 aliphatic carbocycles. The molecular formula is C8H14BrClO3. The molecule has 5 heteroatoms. The van der Waals surface area contributed by atoms with Crippen LogP contribution < -0.4 is 0 Å². The summed E-state index contributed by atoms with van der Waals surface area (Å²) in [6.45, 7) is 4.84. The molecule has 0 aromatic rings. The van der Waals surface area contributed by atoms with E-state index in [1.165, 1.54) is 14.0 Å². The van der Waals surface area contributed by atoms with Gasteiger partial charge in [0.1, 0.15) is 10.6 Å². The van der Waals surface area contributed by atoms with Crippen molar-refractivity contribution < 1.29 is 14.3 Å². The molecule has 0 spiro atoms. The number of hydrogen-bond acceptors (Lipinski definition) is 3. The van der Waals surface area contributed by atoms with Crippen LogP contribution in [0.1, 0.15) is 20.8 Å². The second kappa shape index (κ2) is 8.51. The summed E-state index contributed by atoms with van der Waals surface area (Å²) < 4.78 is 4.33. The molecule has 0 fully saturated rings. The van der Waals surface area contributed by atoms with Crippen LogP contribution in [-0.4, -0.2) is 29.1 Å². The maximum atomic E-state index is 10.2. The summed E-state index contributed by atoms with van der Waals surface area (Å²) in [4.78, 5) is 20.1. The van der Waals surface area contributed by atoms with Crippen LogP contribution in [0.5, 0.6) is 0 Å². The number of Topliss-reactive ketones (excluding diaryl/α,β-unsaturated/α-hetero) is 1. The molecule has 0 aliphatic rings. The first-order valence-corrected chi connectivity index (χ1v) is 5.04. The van der Waals surface area contributed by atoms with Crippen molar-refractivity contribution in [2.24, 2.45) is 0 Å². The summed E-state index contributed by atoms with van der Waals surface area (Å²) in [6.07, 6.45) is 0. The highest BCUT2D eigenvalue weighted by Gasteiger charge is 2.05. The van der Waals surface area contributed by atoms with Crippen molar-refractivity contribution in [3.05, 3.63) is 0 Å². The van der Waals surface area contributed by atoms with Gasteiger partial charge in [-0.25, -0.2) is 0 Å². The molecule has 2 unspecified atom stereocenters. The molecule has 0 radical (unpaired) electrons. The minimum absolute atomic E-state index is 0.0247. The minimum Gasteiger partial charge on any atom is -0.468 e. The quantitative estimate of drug-likeness (QED) is 0.572. The lowest BCUT2D eigenvalue weighted by atomic mass is 10.3. The van der Waals surface area contributed by atoms with E-state index in [-0.39, 0.29) is 22.0 Å². The van der Waals surface area contributed by atoms with Gasteiger partial charge in [0, 0.05) is 0 Å². The number of hydrogen-bond donors (Lipinski definition) is 0. The minimum atomic E-state index is -0.315. The second-order valence-electron chi connectivity index (χ2n) is 2.37. The van der Waals surface area contributed by atoms with Crippen LogP contribution in [0.15, 0.2) is 0 Å². The Hall–Kier alpha value is -0.0900. The summed E-state index contributed by atoms with van der Waals surface area (Å²) in [5, 5.41) is -0.315. The zero-order valence-corrected chi connectivity index (χ0v) is 10.5. The third-order valence-electron chi connectivity index (χ3n) is 1.09. The zero-order valence-electron chi connectivity index (χ0n) is 8.14. The number of esters is 1. The Morgan fingerprint density at radius 2 is 1.69 bits per heavy atom. The number of alkyl halides is 2. The predicted octanol–water partition coefficient (Wildman–Crippen LogP) is 2.15. The normalized spacial score (nSPS) is 13.4. The molecular weight excluding hydrogens is 259 g/mol. The third-order valence-corrected chi connectivity index (χ3v) is 1.77. The Morgan fingerprint density at radius 3 is 1.69 bits per heavy atom. The van der Waals surface area contributed by atoms with Gasteiger partial charge < -0.3 is 4.74 Å². The molecule has 0 heterocycles. The Labute approximate surface area is 91.9 Å². The number of ketones is 1. The van der Waals surface area contributed by atoms with Crippen molar-refractivity contribution in [3.8, 4) is 0 Å². The van der Waals surface area contributed by atoms with E-state index in [0.717, 1.165) is 0 Å². The highest BCUT2D eigenvalue weighted by Crippen LogP contribution is 1.97. The number of methoxy groups -OCH3 is 1. The van der Waals surface area contributed by atoms with Gasteiger partial charge in [-0.1, -0.05) is 15.9 Å². The smallest absolute Gasteiger partial charge is 0.319 e. The molecule has 13 heavy (non-hydrogen) atoms. The van der Waals surface area contributed by atoms with Crippen molar-refractivity contribution >= 4 is 39.3 Å². The maximum absolute atomic E-state index is 10.2. The summed E-state index contributed by atoms with van der Waals surface area (Å²) in [7, 11) is 1.36. The van der Waals surface area contributed by atoms with Crippen LogP contribution >= 0.6 is 27.5 Å². The van der Waals surface area contributed by atoms with Crippen molar-refractivity contribution in [1.82, 2.24) is 0 Å². The Bertz CT molecular complexity index is 169. The van der Waals surface area contributed by atoms with Gasteiger partial charge in [-0.05, 0) is 20.8 Å². The standard InChI is InChI=1S/C4H7BrO2.C4H7ClO/c1-3(5)4(6)7-2;1-3(5)4(2)6/h3H,1-2H3;3H,1-2H3. The maximum Gasteiger partial charge on any atom is 0.319 e. The molecule has 78 valence electrons. The first-order chi connectivity index (χ1) is 5.82. The van der Waals surface area contributed by atoms with Crippen LogP contribution in [0, 0.1) is 0 Å².